The predicted octanol–water partition coefficient (Wildman–Crippen LogP) is 5.97. The van der Waals surface area contributed by atoms with Gasteiger partial charge in [0, 0.05) is 24.3 Å². The zero-order valence-corrected chi connectivity index (χ0v) is 29.1. The van der Waals surface area contributed by atoms with Crippen LogP contribution < -0.4 is 18.9 Å². The first-order valence-corrected chi connectivity index (χ1v) is 17.3. The Labute approximate surface area is 306 Å². The Kier molecular flexibility index (Phi) is 14.4. The molecule has 0 saturated carbocycles. The van der Waals surface area contributed by atoms with Crippen molar-refractivity contribution in [2.45, 2.75) is 9.79 Å². The summed E-state index contributed by atoms with van der Waals surface area (Å²) in [6.07, 6.45) is 7.67. The molecule has 0 aliphatic heterocycles. The molecule has 0 saturated heterocycles. The molecule has 0 aromatic heterocycles. The summed E-state index contributed by atoms with van der Waals surface area (Å²) >= 11 is 0. The zero-order valence-electron chi connectivity index (χ0n) is 28.3. The monoisotopic (exact) mass is 738 g/mol. The smallest absolute Gasteiger partial charge is 0.336 e. The summed E-state index contributed by atoms with van der Waals surface area (Å²) in [4.78, 5) is 46.7. The fourth-order valence-electron chi connectivity index (χ4n) is 4.21. The standard InChI is InChI=1S/C40H34O12S/c1-3-37(41)49-27-25-47-31-11-5-29(6-12-31)9-23-39(43)51-33-15-19-35(20-16-33)53(45,46)36-21-17-34(18-22-36)52-40(44)24-10-30-7-13-32(14-8-30)48-26-28-50-38(42)4-2/h3-24H,1-2,25-28H2/b23-9+,24-10+. The van der Waals surface area contributed by atoms with Crippen LogP contribution in [-0.4, -0.2) is 58.7 Å². The Morgan fingerprint density at radius 3 is 1.15 bits per heavy atom. The molecule has 0 unspecified atom stereocenters. The van der Waals surface area contributed by atoms with Gasteiger partial charge in [-0.05, 0) is 96.1 Å². The van der Waals surface area contributed by atoms with Crippen LogP contribution in [-0.2, 0) is 38.5 Å². The first kappa shape index (κ1) is 39.1. The third kappa shape index (κ3) is 12.8. The lowest BCUT2D eigenvalue weighted by molar-refractivity contribution is -0.139. The maximum absolute atomic E-state index is 13.2. The van der Waals surface area contributed by atoms with Crippen LogP contribution in [0.3, 0.4) is 0 Å². The van der Waals surface area contributed by atoms with Crippen molar-refractivity contribution < 1.29 is 56.0 Å². The van der Waals surface area contributed by atoms with E-state index in [2.05, 4.69) is 13.2 Å². The van der Waals surface area contributed by atoms with Crippen molar-refractivity contribution in [3.05, 3.63) is 146 Å². The van der Waals surface area contributed by atoms with E-state index in [0.29, 0.717) is 22.6 Å². The molecule has 4 aromatic carbocycles. The number of hydrogen-bond donors (Lipinski definition) is 0. The number of benzene rings is 4. The molecule has 0 atom stereocenters. The molecular formula is C40H34O12S. The maximum atomic E-state index is 13.2. The minimum Gasteiger partial charge on any atom is -0.490 e. The highest BCUT2D eigenvalue weighted by Gasteiger charge is 2.18. The lowest BCUT2D eigenvalue weighted by atomic mass is 10.2. The average molecular weight is 739 g/mol. The number of carbonyl (C=O) groups excluding carboxylic acids is 4. The van der Waals surface area contributed by atoms with Gasteiger partial charge in [0.15, 0.2) is 0 Å². The Hall–Kier alpha value is -6.73. The predicted molar refractivity (Wildman–Crippen MR) is 194 cm³/mol. The van der Waals surface area contributed by atoms with Gasteiger partial charge in [-0.1, -0.05) is 37.4 Å². The lowest BCUT2D eigenvalue weighted by Gasteiger charge is -2.08. The second kappa shape index (κ2) is 19.6. The van der Waals surface area contributed by atoms with E-state index in [4.69, 9.17) is 28.4 Å². The summed E-state index contributed by atoms with van der Waals surface area (Å²) in [5, 5.41) is 0. The largest absolute Gasteiger partial charge is 0.490 e. The van der Waals surface area contributed by atoms with Gasteiger partial charge in [0.1, 0.15) is 49.4 Å². The van der Waals surface area contributed by atoms with Gasteiger partial charge in [-0.25, -0.2) is 27.6 Å². The highest BCUT2D eigenvalue weighted by atomic mass is 32.2. The van der Waals surface area contributed by atoms with Crippen molar-refractivity contribution in [2.24, 2.45) is 0 Å². The Morgan fingerprint density at radius 1 is 0.472 bits per heavy atom. The number of sulfone groups is 1. The molecule has 0 N–H and O–H groups in total. The van der Waals surface area contributed by atoms with Gasteiger partial charge in [-0.2, -0.15) is 0 Å². The van der Waals surface area contributed by atoms with Crippen LogP contribution in [0.2, 0.25) is 0 Å². The Balaban J connectivity index is 1.23. The quantitative estimate of drug-likeness (QED) is 0.0510. The molecule has 0 bridgehead atoms. The molecule has 0 fully saturated rings. The van der Waals surface area contributed by atoms with Crippen LogP contribution in [0.1, 0.15) is 11.1 Å². The van der Waals surface area contributed by atoms with Crippen molar-refractivity contribution in [2.75, 3.05) is 26.4 Å². The molecule has 4 aromatic rings. The zero-order chi connectivity index (χ0) is 38.1. The van der Waals surface area contributed by atoms with Crippen molar-refractivity contribution in [1.29, 1.82) is 0 Å². The van der Waals surface area contributed by atoms with E-state index < -0.39 is 33.7 Å². The van der Waals surface area contributed by atoms with Crippen LogP contribution in [0.4, 0.5) is 0 Å². The minimum absolute atomic E-state index is 0.0331. The minimum atomic E-state index is -3.94. The molecule has 13 heteroatoms. The van der Waals surface area contributed by atoms with Gasteiger partial charge in [0.25, 0.3) is 0 Å². The molecule has 0 aliphatic carbocycles. The number of carbonyl (C=O) groups is 4. The van der Waals surface area contributed by atoms with Gasteiger partial charge in [-0.15, -0.1) is 0 Å². The van der Waals surface area contributed by atoms with Crippen LogP contribution in [0, 0.1) is 0 Å². The van der Waals surface area contributed by atoms with Crippen molar-refractivity contribution in [3.63, 3.8) is 0 Å². The first-order valence-electron chi connectivity index (χ1n) is 15.8. The van der Waals surface area contributed by atoms with Gasteiger partial charge in [0.05, 0.1) is 9.79 Å². The van der Waals surface area contributed by atoms with Crippen molar-refractivity contribution in [1.82, 2.24) is 0 Å². The molecule has 0 radical (unpaired) electrons. The molecule has 0 spiro atoms. The van der Waals surface area contributed by atoms with E-state index in [9.17, 15) is 27.6 Å². The molecule has 0 aliphatic rings. The Bertz CT molecular complexity index is 1920. The summed E-state index contributed by atoms with van der Waals surface area (Å²) in [5.41, 5.74) is 1.40. The molecule has 0 heterocycles. The van der Waals surface area contributed by atoms with E-state index in [-0.39, 0.29) is 47.7 Å². The third-order valence-electron chi connectivity index (χ3n) is 6.81. The van der Waals surface area contributed by atoms with Crippen LogP contribution in [0.15, 0.2) is 144 Å². The maximum Gasteiger partial charge on any atom is 0.336 e. The second-order valence-electron chi connectivity index (χ2n) is 10.5. The second-order valence-corrected chi connectivity index (χ2v) is 12.5. The van der Waals surface area contributed by atoms with E-state index in [1.165, 1.54) is 60.7 Å². The summed E-state index contributed by atoms with van der Waals surface area (Å²) in [5.74, 6) is -1.03. The van der Waals surface area contributed by atoms with Gasteiger partial charge in [0.2, 0.25) is 9.84 Å². The highest BCUT2D eigenvalue weighted by Crippen LogP contribution is 2.25. The number of ether oxygens (including phenoxy) is 6. The topological polar surface area (TPSA) is 158 Å². The van der Waals surface area contributed by atoms with E-state index in [1.54, 1.807) is 60.7 Å². The molecule has 12 nitrogen and oxygen atoms in total. The van der Waals surface area contributed by atoms with Gasteiger partial charge >= 0.3 is 23.9 Å². The molecule has 272 valence electrons. The highest BCUT2D eigenvalue weighted by molar-refractivity contribution is 7.91. The number of esters is 4. The summed E-state index contributed by atoms with van der Waals surface area (Å²) in [6.45, 7) is 7.12. The molecule has 0 amide bonds. The van der Waals surface area contributed by atoms with Crippen molar-refractivity contribution in [3.8, 4) is 23.0 Å². The summed E-state index contributed by atoms with van der Waals surface area (Å²) in [6, 6.07) is 24.4. The normalized spacial score (nSPS) is 11.0. The molecule has 53 heavy (non-hydrogen) atoms. The summed E-state index contributed by atoms with van der Waals surface area (Å²) in [7, 11) is -3.94. The Morgan fingerprint density at radius 2 is 0.811 bits per heavy atom. The SMILES string of the molecule is C=CC(=O)OCCOc1ccc(/C=C/C(=O)Oc2ccc(S(=O)(=O)c3ccc(OC(=O)/C=C/c4ccc(OCCOC(=O)C=C)cc4)cc3)cc2)cc1. The van der Waals surface area contributed by atoms with Gasteiger partial charge in [-0.3, -0.25) is 0 Å². The fraction of sp³-hybridized carbons (Fsp3) is 0.100. The van der Waals surface area contributed by atoms with Crippen LogP contribution in [0.25, 0.3) is 12.2 Å². The first-order chi connectivity index (χ1) is 25.5. The lowest BCUT2D eigenvalue weighted by Crippen LogP contribution is -2.10. The molecule has 4 rings (SSSR count). The van der Waals surface area contributed by atoms with Crippen molar-refractivity contribution >= 4 is 45.9 Å². The van der Waals surface area contributed by atoms with Gasteiger partial charge < -0.3 is 28.4 Å². The average Bonchev–Trinajstić information content (AvgIpc) is 3.17. The van der Waals surface area contributed by atoms with Crippen LogP contribution in [0.5, 0.6) is 23.0 Å². The van der Waals surface area contributed by atoms with E-state index in [1.807, 2.05) is 0 Å². The molecular weight excluding hydrogens is 704 g/mol. The summed E-state index contributed by atoms with van der Waals surface area (Å²) < 4.78 is 57.6. The number of rotatable bonds is 18. The van der Waals surface area contributed by atoms with E-state index >= 15 is 0 Å². The van der Waals surface area contributed by atoms with E-state index in [0.717, 1.165) is 12.2 Å². The fourth-order valence-corrected chi connectivity index (χ4v) is 5.47. The number of hydrogen-bond acceptors (Lipinski definition) is 12. The third-order valence-corrected chi connectivity index (χ3v) is 8.60. The van der Waals surface area contributed by atoms with Crippen LogP contribution >= 0.6 is 0 Å².